The molecule has 6 heteroatoms. The van der Waals surface area contributed by atoms with Gasteiger partial charge in [-0.25, -0.2) is 4.79 Å². The van der Waals surface area contributed by atoms with E-state index >= 15 is 0 Å². The van der Waals surface area contributed by atoms with E-state index in [1.54, 1.807) is 13.1 Å². The van der Waals surface area contributed by atoms with Crippen molar-refractivity contribution in [1.29, 1.82) is 0 Å². The van der Waals surface area contributed by atoms with Gasteiger partial charge < -0.3 is 14.0 Å². The largest absolute Gasteiger partial charge is 0.465 e. The van der Waals surface area contributed by atoms with E-state index in [2.05, 4.69) is 0 Å². The minimum Gasteiger partial charge on any atom is -0.465 e. The number of esters is 2. The van der Waals surface area contributed by atoms with E-state index in [4.69, 9.17) is 9.47 Å². The zero-order chi connectivity index (χ0) is 18.8. The summed E-state index contributed by atoms with van der Waals surface area (Å²) in [5.41, 5.74) is 1.15. The molecule has 0 saturated heterocycles. The molecule has 6 nitrogen and oxygen atoms in total. The maximum atomic E-state index is 13.0. The van der Waals surface area contributed by atoms with Crippen LogP contribution in [0.3, 0.4) is 0 Å². The number of rotatable bonds is 3. The topological polar surface area (TPSA) is 74.6 Å². The Morgan fingerprint density at radius 3 is 2.35 bits per heavy atom. The molecule has 0 radical (unpaired) electrons. The van der Waals surface area contributed by atoms with Gasteiger partial charge in [-0.1, -0.05) is 36.4 Å². The smallest absolute Gasteiger partial charge is 0.342 e. The summed E-state index contributed by atoms with van der Waals surface area (Å²) in [6.45, 7) is 1.22. The highest BCUT2D eigenvalue weighted by Gasteiger charge is 2.22. The van der Waals surface area contributed by atoms with Crippen LogP contribution in [0.2, 0.25) is 0 Å². The van der Waals surface area contributed by atoms with Crippen LogP contribution in [0.1, 0.15) is 17.3 Å². The average molecular weight is 351 g/mol. The molecule has 0 saturated carbocycles. The summed E-state index contributed by atoms with van der Waals surface area (Å²) in [6, 6.07) is 14.4. The van der Waals surface area contributed by atoms with Crippen LogP contribution in [0.25, 0.3) is 22.0 Å². The van der Waals surface area contributed by atoms with Crippen molar-refractivity contribution in [3.63, 3.8) is 0 Å². The summed E-state index contributed by atoms with van der Waals surface area (Å²) in [5.74, 6) is -1.33. The van der Waals surface area contributed by atoms with Crippen LogP contribution < -0.4 is 10.3 Å². The molecule has 26 heavy (non-hydrogen) atoms. The molecule has 0 atom stereocenters. The van der Waals surface area contributed by atoms with Crippen molar-refractivity contribution in [2.45, 2.75) is 6.92 Å². The highest BCUT2D eigenvalue weighted by Crippen LogP contribution is 2.29. The number of benzene rings is 2. The number of pyridine rings is 1. The Labute approximate surface area is 149 Å². The van der Waals surface area contributed by atoms with Crippen molar-refractivity contribution in [2.24, 2.45) is 7.05 Å². The quantitative estimate of drug-likeness (QED) is 0.536. The van der Waals surface area contributed by atoms with Gasteiger partial charge in [0.1, 0.15) is 11.3 Å². The van der Waals surface area contributed by atoms with Crippen LogP contribution in [0.5, 0.6) is 5.75 Å². The summed E-state index contributed by atoms with van der Waals surface area (Å²) in [4.78, 5) is 36.6. The van der Waals surface area contributed by atoms with E-state index in [0.29, 0.717) is 11.1 Å². The third-order valence-electron chi connectivity index (χ3n) is 4.08. The minimum atomic E-state index is -0.739. The van der Waals surface area contributed by atoms with E-state index in [1.807, 2.05) is 36.4 Å². The first-order chi connectivity index (χ1) is 12.4. The summed E-state index contributed by atoms with van der Waals surface area (Å²) < 4.78 is 11.4. The number of aromatic nitrogens is 1. The molecule has 0 aliphatic rings. The van der Waals surface area contributed by atoms with Gasteiger partial charge in [0.2, 0.25) is 0 Å². The number of carbonyl (C=O) groups is 2. The van der Waals surface area contributed by atoms with Crippen LogP contribution in [0.15, 0.2) is 53.3 Å². The minimum absolute atomic E-state index is 0.00131. The highest BCUT2D eigenvalue weighted by atomic mass is 16.5. The molecule has 0 aliphatic carbocycles. The molecular formula is C20H17NO5. The second kappa shape index (κ2) is 6.84. The maximum absolute atomic E-state index is 13.0. The SMILES string of the molecule is COC(=O)c1c(OC(C)=O)ccc2cc(-c3ccccc3)n(C)c(=O)c12. The second-order valence-corrected chi connectivity index (χ2v) is 5.75. The molecule has 2 aromatic carbocycles. The Bertz CT molecular complexity index is 1070. The summed E-state index contributed by atoms with van der Waals surface area (Å²) in [6.07, 6.45) is 0. The highest BCUT2D eigenvalue weighted by molar-refractivity contribution is 6.07. The molecule has 0 unspecified atom stereocenters. The van der Waals surface area contributed by atoms with Crippen LogP contribution in [-0.2, 0) is 16.6 Å². The van der Waals surface area contributed by atoms with E-state index < -0.39 is 11.9 Å². The predicted octanol–water partition coefficient (Wildman–Crippen LogP) is 2.92. The second-order valence-electron chi connectivity index (χ2n) is 5.75. The molecule has 132 valence electrons. The number of nitrogens with zero attached hydrogens (tertiary/aromatic N) is 1. The van der Waals surface area contributed by atoms with Gasteiger partial charge in [0.15, 0.2) is 0 Å². The lowest BCUT2D eigenvalue weighted by atomic mass is 10.0. The lowest BCUT2D eigenvalue weighted by Gasteiger charge is -2.14. The van der Waals surface area contributed by atoms with E-state index in [-0.39, 0.29) is 22.3 Å². The lowest BCUT2D eigenvalue weighted by Crippen LogP contribution is -2.22. The zero-order valence-electron chi connectivity index (χ0n) is 14.6. The van der Waals surface area contributed by atoms with Crippen molar-refractivity contribution < 1.29 is 19.1 Å². The van der Waals surface area contributed by atoms with Gasteiger partial charge in [-0.15, -0.1) is 0 Å². The Balaban J connectivity index is 2.37. The number of carbonyl (C=O) groups excluding carboxylic acids is 2. The predicted molar refractivity (Wildman–Crippen MR) is 97.3 cm³/mol. The molecule has 0 bridgehead atoms. The third-order valence-corrected chi connectivity index (χ3v) is 4.08. The van der Waals surface area contributed by atoms with Crippen LogP contribution in [0, 0.1) is 0 Å². The normalized spacial score (nSPS) is 10.6. The van der Waals surface area contributed by atoms with E-state index in [0.717, 1.165) is 5.56 Å². The summed E-state index contributed by atoms with van der Waals surface area (Å²) in [5, 5.41) is 0.709. The van der Waals surface area contributed by atoms with Crippen LogP contribution >= 0.6 is 0 Å². The van der Waals surface area contributed by atoms with E-state index in [9.17, 15) is 14.4 Å². The molecule has 0 fully saturated rings. The van der Waals surface area contributed by atoms with Crippen molar-refractivity contribution in [2.75, 3.05) is 7.11 Å². The molecule has 3 aromatic rings. The average Bonchev–Trinajstić information content (AvgIpc) is 2.64. The summed E-state index contributed by atoms with van der Waals surface area (Å²) in [7, 11) is 2.84. The molecule has 1 heterocycles. The van der Waals surface area contributed by atoms with Crippen LogP contribution in [-0.4, -0.2) is 23.6 Å². The number of methoxy groups -OCH3 is 1. The Morgan fingerprint density at radius 2 is 1.73 bits per heavy atom. The molecule has 0 N–H and O–H groups in total. The van der Waals surface area contributed by atoms with Gasteiger partial charge in [-0.2, -0.15) is 0 Å². The Morgan fingerprint density at radius 1 is 1.04 bits per heavy atom. The number of hydrogen-bond acceptors (Lipinski definition) is 5. The lowest BCUT2D eigenvalue weighted by molar-refractivity contribution is -0.131. The van der Waals surface area contributed by atoms with Gasteiger partial charge in [0.05, 0.1) is 18.2 Å². The molecule has 0 spiro atoms. The molecule has 1 aromatic heterocycles. The molecule has 0 aliphatic heterocycles. The van der Waals surface area contributed by atoms with Gasteiger partial charge in [-0.05, 0) is 23.1 Å². The van der Waals surface area contributed by atoms with Gasteiger partial charge in [-0.3, -0.25) is 9.59 Å². The van der Waals surface area contributed by atoms with Crippen molar-refractivity contribution in [1.82, 2.24) is 4.57 Å². The Kier molecular flexibility index (Phi) is 4.58. The number of hydrogen-bond donors (Lipinski definition) is 0. The third kappa shape index (κ3) is 2.97. The van der Waals surface area contributed by atoms with Gasteiger partial charge >= 0.3 is 11.9 Å². The number of ether oxygens (including phenoxy) is 2. The fourth-order valence-corrected chi connectivity index (χ4v) is 2.90. The maximum Gasteiger partial charge on any atom is 0.342 e. The van der Waals surface area contributed by atoms with Crippen LogP contribution in [0.4, 0.5) is 0 Å². The van der Waals surface area contributed by atoms with Gasteiger partial charge in [0, 0.05) is 14.0 Å². The number of fused-ring (bicyclic) bond motifs is 1. The molecule has 0 amide bonds. The fraction of sp³-hybridized carbons (Fsp3) is 0.150. The first kappa shape index (κ1) is 17.4. The molecule has 3 rings (SSSR count). The van der Waals surface area contributed by atoms with Crippen molar-refractivity contribution in [3.8, 4) is 17.0 Å². The zero-order valence-corrected chi connectivity index (χ0v) is 14.6. The monoisotopic (exact) mass is 351 g/mol. The van der Waals surface area contributed by atoms with Crippen molar-refractivity contribution >= 4 is 22.7 Å². The molecular weight excluding hydrogens is 334 g/mol. The first-order valence-electron chi connectivity index (χ1n) is 7.93. The van der Waals surface area contributed by atoms with Crippen molar-refractivity contribution in [3.05, 3.63) is 64.4 Å². The van der Waals surface area contributed by atoms with Gasteiger partial charge in [0.25, 0.3) is 5.56 Å². The summed E-state index contributed by atoms with van der Waals surface area (Å²) >= 11 is 0. The Hall–Kier alpha value is -3.41. The fourth-order valence-electron chi connectivity index (χ4n) is 2.90. The van der Waals surface area contributed by atoms with E-state index in [1.165, 1.54) is 24.7 Å². The standard InChI is InChI=1S/C20H17NO5/c1-12(22)26-16-10-9-14-11-15(13-7-5-4-6-8-13)21(2)19(23)17(14)18(16)20(24)25-3/h4-11H,1-3H3. The first-order valence-corrected chi connectivity index (χ1v) is 7.93.